The molecule has 0 spiro atoms. The Morgan fingerprint density at radius 2 is 2.50 bits per heavy atom. The molecule has 4 heteroatoms. The molecule has 0 aromatic heterocycles. The minimum atomic E-state index is -0.787. The van der Waals surface area contributed by atoms with Crippen LogP contribution in [0.25, 0.3) is 0 Å². The molecule has 1 radical (unpaired) electrons. The molecule has 2 unspecified atom stereocenters. The highest BCUT2D eigenvalue weighted by Gasteiger charge is 2.26. The van der Waals surface area contributed by atoms with E-state index in [2.05, 4.69) is 10.6 Å². The number of rotatable bonds is 1. The number of hydrogen-bond donors (Lipinski definition) is 3. The van der Waals surface area contributed by atoms with Crippen molar-refractivity contribution in [2.24, 2.45) is 5.92 Å². The van der Waals surface area contributed by atoms with E-state index < -0.39 is 12.0 Å². The zero-order chi connectivity index (χ0) is 7.56. The van der Waals surface area contributed by atoms with Crippen LogP contribution in [0.5, 0.6) is 0 Å². The standard InChI is InChI=1S/C6H11N2O2/c1-4-2-7-3-8-5(4)6(9)10/h3-5,7-8H,2H2,1H3,(H,9,10). The SMILES string of the molecule is CC1CN[CH]NC1C(=O)O. The maximum Gasteiger partial charge on any atom is 0.321 e. The van der Waals surface area contributed by atoms with Gasteiger partial charge in [0.05, 0.1) is 6.67 Å². The van der Waals surface area contributed by atoms with Gasteiger partial charge in [0.2, 0.25) is 0 Å². The van der Waals surface area contributed by atoms with E-state index in [-0.39, 0.29) is 5.92 Å². The predicted octanol–water partition coefficient (Wildman–Crippen LogP) is -0.612. The molecule has 0 bridgehead atoms. The van der Waals surface area contributed by atoms with Crippen LogP contribution < -0.4 is 10.6 Å². The van der Waals surface area contributed by atoms with Crippen LogP contribution in [-0.2, 0) is 4.79 Å². The van der Waals surface area contributed by atoms with Crippen LogP contribution >= 0.6 is 0 Å². The van der Waals surface area contributed by atoms with Gasteiger partial charge in [-0.15, -0.1) is 0 Å². The topological polar surface area (TPSA) is 61.4 Å². The molecule has 2 atom stereocenters. The fourth-order valence-corrected chi connectivity index (χ4v) is 0.990. The molecule has 3 N–H and O–H groups in total. The van der Waals surface area contributed by atoms with E-state index in [4.69, 9.17) is 5.11 Å². The quantitative estimate of drug-likeness (QED) is 0.458. The number of carboxylic acids is 1. The Bertz CT molecular complexity index is 138. The second kappa shape index (κ2) is 2.98. The van der Waals surface area contributed by atoms with E-state index in [1.165, 1.54) is 0 Å². The van der Waals surface area contributed by atoms with Gasteiger partial charge in [0.15, 0.2) is 0 Å². The largest absolute Gasteiger partial charge is 0.480 e. The van der Waals surface area contributed by atoms with Crippen molar-refractivity contribution in [3.05, 3.63) is 6.67 Å². The lowest BCUT2D eigenvalue weighted by Gasteiger charge is -2.26. The van der Waals surface area contributed by atoms with Crippen LogP contribution in [0.4, 0.5) is 0 Å². The third kappa shape index (κ3) is 1.46. The maximum atomic E-state index is 10.5. The van der Waals surface area contributed by atoms with Gasteiger partial charge in [-0.3, -0.25) is 15.4 Å². The van der Waals surface area contributed by atoms with E-state index in [0.717, 1.165) is 6.54 Å². The molecule has 1 saturated heterocycles. The van der Waals surface area contributed by atoms with Crippen LogP contribution in [-0.4, -0.2) is 23.7 Å². The Hall–Kier alpha value is -0.610. The molecular formula is C6H11N2O2. The van der Waals surface area contributed by atoms with Gasteiger partial charge in [-0.05, 0) is 5.92 Å². The molecule has 1 fully saturated rings. The van der Waals surface area contributed by atoms with Crippen molar-refractivity contribution in [2.45, 2.75) is 13.0 Å². The predicted molar refractivity (Wildman–Crippen MR) is 36.0 cm³/mol. The second-order valence-corrected chi connectivity index (χ2v) is 2.51. The Morgan fingerprint density at radius 1 is 1.80 bits per heavy atom. The van der Waals surface area contributed by atoms with E-state index in [1.54, 1.807) is 6.67 Å². The first kappa shape index (κ1) is 7.50. The second-order valence-electron chi connectivity index (χ2n) is 2.51. The third-order valence-electron chi connectivity index (χ3n) is 1.64. The molecule has 0 aromatic rings. The first-order valence-corrected chi connectivity index (χ1v) is 3.25. The molecular weight excluding hydrogens is 132 g/mol. The number of aliphatic carboxylic acids is 1. The van der Waals surface area contributed by atoms with Gasteiger partial charge >= 0.3 is 5.97 Å². The average Bonchev–Trinajstić information content (AvgIpc) is 1.88. The highest BCUT2D eigenvalue weighted by molar-refractivity contribution is 5.74. The first-order chi connectivity index (χ1) is 4.72. The smallest absolute Gasteiger partial charge is 0.321 e. The number of carboxylic acid groups (broad SMARTS) is 1. The Balaban J connectivity index is 2.47. The summed E-state index contributed by atoms with van der Waals surface area (Å²) >= 11 is 0. The van der Waals surface area contributed by atoms with E-state index in [0.29, 0.717) is 0 Å². The molecule has 0 amide bonds. The molecule has 10 heavy (non-hydrogen) atoms. The minimum Gasteiger partial charge on any atom is -0.480 e. The van der Waals surface area contributed by atoms with E-state index in [1.807, 2.05) is 6.92 Å². The summed E-state index contributed by atoms with van der Waals surface area (Å²) in [5, 5.41) is 14.3. The van der Waals surface area contributed by atoms with Crippen LogP contribution in [0.15, 0.2) is 0 Å². The summed E-state index contributed by atoms with van der Waals surface area (Å²) < 4.78 is 0. The summed E-state index contributed by atoms with van der Waals surface area (Å²) in [6.45, 7) is 4.20. The Morgan fingerprint density at radius 3 is 2.90 bits per heavy atom. The summed E-state index contributed by atoms with van der Waals surface area (Å²) in [6, 6.07) is -0.429. The van der Waals surface area contributed by atoms with Gasteiger partial charge in [0.25, 0.3) is 0 Å². The van der Waals surface area contributed by atoms with Crippen molar-refractivity contribution in [1.82, 2.24) is 10.6 Å². The van der Waals surface area contributed by atoms with Crippen LogP contribution in [0, 0.1) is 12.6 Å². The van der Waals surface area contributed by atoms with Crippen molar-refractivity contribution in [2.75, 3.05) is 6.54 Å². The lowest BCUT2D eigenvalue weighted by molar-refractivity contribution is -0.141. The normalized spacial score (nSPS) is 33.7. The molecule has 1 aliphatic heterocycles. The fraction of sp³-hybridized carbons (Fsp3) is 0.667. The number of carbonyl (C=O) groups is 1. The zero-order valence-electron chi connectivity index (χ0n) is 5.79. The molecule has 0 saturated carbocycles. The van der Waals surface area contributed by atoms with E-state index in [9.17, 15) is 4.79 Å². The summed E-state index contributed by atoms with van der Waals surface area (Å²) in [5.41, 5.74) is 0. The monoisotopic (exact) mass is 143 g/mol. The highest BCUT2D eigenvalue weighted by atomic mass is 16.4. The van der Waals surface area contributed by atoms with Crippen molar-refractivity contribution in [1.29, 1.82) is 0 Å². The van der Waals surface area contributed by atoms with Gasteiger partial charge in [-0.1, -0.05) is 6.92 Å². The maximum absolute atomic E-state index is 10.5. The van der Waals surface area contributed by atoms with Gasteiger partial charge in [-0.2, -0.15) is 0 Å². The lowest BCUT2D eigenvalue weighted by Crippen LogP contribution is -2.51. The van der Waals surface area contributed by atoms with Gasteiger partial charge < -0.3 is 5.11 Å². The van der Waals surface area contributed by atoms with Crippen molar-refractivity contribution in [3.8, 4) is 0 Å². The van der Waals surface area contributed by atoms with Gasteiger partial charge in [-0.25, -0.2) is 0 Å². The summed E-state index contributed by atoms with van der Waals surface area (Å²) in [4.78, 5) is 10.5. The molecule has 57 valence electrons. The van der Waals surface area contributed by atoms with E-state index >= 15 is 0 Å². The zero-order valence-corrected chi connectivity index (χ0v) is 5.79. The molecule has 0 aliphatic carbocycles. The summed E-state index contributed by atoms with van der Waals surface area (Å²) in [6.07, 6.45) is 0. The average molecular weight is 143 g/mol. The van der Waals surface area contributed by atoms with Crippen molar-refractivity contribution in [3.63, 3.8) is 0 Å². The van der Waals surface area contributed by atoms with Crippen LogP contribution in [0.3, 0.4) is 0 Å². The van der Waals surface area contributed by atoms with Gasteiger partial charge in [0, 0.05) is 6.54 Å². The Kier molecular flexibility index (Phi) is 2.24. The molecule has 1 aliphatic rings. The lowest BCUT2D eigenvalue weighted by atomic mass is 10.0. The number of hydrogen-bond acceptors (Lipinski definition) is 3. The Labute approximate surface area is 59.6 Å². The molecule has 0 aromatic carbocycles. The molecule has 4 nitrogen and oxygen atoms in total. The fourth-order valence-electron chi connectivity index (χ4n) is 0.990. The van der Waals surface area contributed by atoms with Crippen molar-refractivity contribution < 1.29 is 9.90 Å². The molecule has 1 rings (SSSR count). The minimum absolute atomic E-state index is 0.141. The summed E-state index contributed by atoms with van der Waals surface area (Å²) in [5.74, 6) is -0.646. The number of nitrogens with one attached hydrogen (secondary N) is 2. The van der Waals surface area contributed by atoms with Crippen LogP contribution in [0.2, 0.25) is 0 Å². The highest BCUT2D eigenvalue weighted by Crippen LogP contribution is 2.05. The first-order valence-electron chi connectivity index (χ1n) is 3.25. The van der Waals surface area contributed by atoms with Gasteiger partial charge in [0.1, 0.15) is 6.04 Å². The molecule has 1 heterocycles. The van der Waals surface area contributed by atoms with Crippen molar-refractivity contribution >= 4 is 5.97 Å². The third-order valence-corrected chi connectivity index (χ3v) is 1.64. The van der Waals surface area contributed by atoms with Crippen LogP contribution in [0.1, 0.15) is 6.92 Å². The summed E-state index contributed by atoms with van der Waals surface area (Å²) in [7, 11) is 0.